The second-order valence-electron chi connectivity index (χ2n) is 6.54. The van der Waals surface area contributed by atoms with E-state index in [4.69, 9.17) is 9.47 Å². The molecule has 8 nitrogen and oxygen atoms in total. The molecule has 0 bridgehead atoms. The fraction of sp³-hybridized carbons (Fsp3) is 0.647. The van der Waals surface area contributed by atoms with Crippen LogP contribution in [0, 0.1) is 0 Å². The van der Waals surface area contributed by atoms with Gasteiger partial charge in [-0.3, -0.25) is 10.2 Å². The molecule has 1 atom stereocenters. The molecule has 1 unspecified atom stereocenters. The number of nitrogens with one attached hydrogen (secondary N) is 1. The smallest absolute Gasteiger partial charge is 0.323 e. The van der Waals surface area contributed by atoms with E-state index in [0.29, 0.717) is 31.4 Å². The number of morpholine rings is 1. The minimum absolute atomic E-state index is 0.0566. The second-order valence-corrected chi connectivity index (χ2v) is 6.54. The molecule has 2 aliphatic rings. The monoisotopic (exact) mass is 349 g/mol. The van der Waals surface area contributed by atoms with Crippen LogP contribution in [-0.2, 0) is 4.74 Å². The highest BCUT2D eigenvalue weighted by atomic mass is 16.5. The van der Waals surface area contributed by atoms with Crippen LogP contribution in [0.1, 0.15) is 0 Å². The fourth-order valence-corrected chi connectivity index (χ4v) is 3.12. The van der Waals surface area contributed by atoms with Crippen molar-refractivity contribution in [2.24, 2.45) is 0 Å². The van der Waals surface area contributed by atoms with Gasteiger partial charge in [-0.2, -0.15) is 4.98 Å². The predicted octanol–water partition coefficient (Wildman–Crippen LogP) is 0.570. The summed E-state index contributed by atoms with van der Waals surface area (Å²) in [6, 6.07) is 5.16. The van der Waals surface area contributed by atoms with Gasteiger partial charge in [-0.25, -0.2) is 4.79 Å². The third-order valence-electron chi connectivity index (χ3n) is 4.65. The van der Waals surface area contributed by atoms with E-state index in [1.165, 1.54) is 0 Å². The van der Waals surface area contributed by atoms with Gasteiger partial charge in [-0.1, -0.05) is 6.07 Å². The lowest BCUT2D eigenvalue weighted by molar-refractivity contribution is -0.0338. The summed E-state index contributed by atoms with van der Waals surface area (Å²) < 4.78 is 10.9. The van der Waals surface area contributed by atoms with Crippen molar-refractivity contribution in [1.82, 2.24) is 19.7 Å². The van der Waals surface area contributed by atoms with E-state index in [0.717, 1.165) is 32.7 Å². The van der Waals surface area contributed by atoms with E-state index in [9.17, 15) is 4.79 Å². The average Bonchev–Trinajstić information content (AvgIpc) is 2.64. The topological polar surface area (TPSA) is 70.2 Å². The maximum atomic E-state index is 12.5. The fourth-order valence-electron chi connectivity index (χ4n) is 3.12. The number of aromatic nitrogens is 1. The number of anilines is 1. The molecule has 0 radical (unpaired) electrons. The first-order chi connectivity index (χ1) is 12.1. The van der Waals surface area contributed by atoms with Gasteiger partial charge >= 0.3 is 6.03 Å². The standard InChI is InChI=1S/C17H27N5O3/c1-20-6-8-21(9-7-20)12-14-13-22(10-11-25-14)17(23)19-15-4-3-5-16(18-15)24-2/h3-5,14H,6-13H2,1-2H3,(H,18,19,23). The molecular formula is C17H27N5O3. The summed E-state index contributed by atoms with van der Waals surface area (Å²) in [6.45, 7) is 6.90. The number of hydrogen-bond donors (Lipinski definition) is 1. The zero-order chi connectivity index (χ0) is 17.6. The summed E-state index contributed by atoms with van der Waals surface area (Å²) in [6.07, 6.45) is 0.0566. The Morgan fingerprint density at radius 1 is 1.32 bits per heavy atom. The van der Waals surface area contributed by atoms with Crippen molar-refractivity contribution in [1.29, 1.82) is 0 Å². The highest BCUT2D eigenvalue weighted by Gasteiger charge is 2.27. The Morgan fingerprint density at radius 3 is 2.88 bits per heavy atom. The second kappa shape index (κ2) is 8.46. The number of nitrogens with zero attached hydrogens (tertiary/aromatic N) is 4. The zero-order valence-corrected chi connectivity index (χ0v) is 15.0. The molecule has 0 spiro atoms. The Labute approximate surface area is 148 Å². The SMILES string of the molecule is COc1cccc(NC(=O)N2CCOC(CN3CCN(C)CC3)C2)n1. The van der Waals surface area contributed by atoms with E-state index < -0.39 is 0 Å². The molecule has 8 heteroatoms. The van der Waals surface area contributed by atoms with Gasteiger partial charge in [0, 0.05) is 51.9 Å². The van der Waals surface area contributed by atoms with E-state index in [-0.39, 0.29) is 12.1 Å². The van der Waals surface area contributed by atoms with Crippen molar-refractivity contribution in [3.05, 3.63) is 18.2 Å². The van der Waals surface area contributed by atoms with Gasteiger partial charge < -0.3 is 19.3 Å². The van der Waals surface area contributed by atoms with E-state index in [1.54, 1.807) is 30.2 Å². The van der Waals surface area contributed by atoms with Gasteiger partial charge in [-0.05, 0) is 13.1 Å². The summed E-state index contributed by atoms with van der Waals surface area (Å²) >= 11 is 0. The van der Waals surface area contributed by atoms with Gasteiger partial charge in [0.25, 0.3) is 0 Å². The predicted molar refractivity (Wildman–Crippen MR) is 95.1 cm³/mol. The number of ether oxygens (including phenoxy) is 2. The summed E-state index contributed by atoms with van der Waals surface area (Å²) in [4.78, 5) is 23.3. The van der Waals surface area contributed by atoms with Crippen LogP contribution >= 0.6 is 0 Å². The van der Waals surface area contributed by atoms with Crippen LogP contribution in [0.15, 0.2) is 18.2 Å². The molecule has 3 rings (SSSR count). The molecule has 2 aliphatic heterocycles. The molecular weight excluding hydrogens is 322 g/mol. The van der Waals surface area contributed by atoms with E-state index >= 15 is 0 Å². The van der Waals surface area contributed by atoms with Crippen molar-refractivity contribution in [2.45, 2.75) is 6.10 Å². The minimum atomic E-state index is -0.146. The summed E-state index contributed by atoms with van der Waals surface area (Å²) in [5.41, 5.74) is 0. The van der Waals surface area contributed by atoms with Crippen LogP contribution in [0.2, 0.25) is 0 Å². The van der Waals surface area contributed by atoms with Gasteiger partial charge in [0.1, 0.15) is 5.82 Å². The molecule has 2 saturated heterocycles. The molecule has 138 valence electrons. The van der Waals surface area contributed by atoms with Crippen LogP contribution in [0.5, 0.6) is 5.88 Å². The Hall–Kier alpha value is -1.90. The summed E-state index contributed by atoms with van der Waals surface area (Å²) in [5.74, 6) is 0.971. The van der Waals surface area contributed by atoms with Crippen LogP contribution in [0.4, 0.5) is 10.6 Å². The molecule has 2 fully saturated rings. The molecule has 1 N–H and O–H groups in total. The lowest BCUT2D eigenvalue weighted by Gasteiger charge is -2.38. The number of urea groups is 1. The highest BCUT2D eigenvalue weighted by molar-refractivity contribution is 5.88. The van der Waals surface area contributed by atoms with Crippen molar-refractivity contribution in [3.8, 4) is 5.88 Å². The molecule has 2 amide bonds. The Balaban J connectivity index is 1.50. The van der Waals surface area contributed by atoms with E-state index in [2.05, 4.69) is 27.1 Å². The first-order valence-corrected chi connectivity index (χ1v) is 8.73. The minimum Gasteiger partial charge on any atom is -0.481 e. The van der Waals surface area contributed by atoms with Gasteiger partial charge in [0.2, 0.25) is 5.88 Å². The molecule has 0 saturated carbocycles. The first kappa shape index (κ1) is 17.9. The number of likely N-dealkylation sites (N-methyl/N-ethyl adjacent to an activating group) is 1. The van der Waals surface area contributed by atoms with Crippen molar-refractivity contribution < 1.29 is 14.3 Å². The number of methoxy groups -OCH3 is 1. The van der Waals surface area contributed by atoms with Crippen LogP contribution in [-0.4, -0.2) is 98.4 Å². The molecule has 0 aromatic carbocycles. The Morgan fingerprint density at radius 2 is 2.12 bits per heavy atom. The summed E-state index contributed by atoms with van der Waals surface area (Å²) in [5, 5.41) is 2.84. The number of hydrogen-bond acceptors (Lipinski definition) is 6. The zero-order valence-electron chi connectivity index (χ0n) is 15.0. The maximum Gasteiger partial charge on any atom is 0.323 e. The molecule has 1 aromatic rings. The molecule has 1 aromatic heterocycles. The quantitative estimate of drug-likeness (QED) is 0.857. The molecule has 0 aliphatic carbocycles. The third kappa shape index (κ3) is 5.04. The number of carbonyl (C=O) groups is 1. The highest BCUT2D eigenvalue weighted by Crippen LogP contribution is 2.13. The Kier molecular flexibility index (Phi) is 6.06. The number of amides is 2. The number of rotatable bonds is 4. The summed E-state index contributed by atoms with van der Waals surface area (Å²) in [7, 11) is 3.70. The lowest BCUT2D eigenvalue weighted by atomic mass is 10.2. The molecule has 3 heterocycles. The van der Waals surface area contributed by atoms with Crippen molar-refractivity contribution >= 4 is 11.8 Å². The normalized spacial score (nSPS) is 22.6. The number of carbonyl (C=O) groups excluding carboxylic acids is 1. The van der Waals surface area contributed by atoms with Gasteiger partial charge in [0.15, 0.2) is 0 Å². The van der Waals surface area contributed by atoms with Crippen LogP contribution in [0.3, 0.4) is 0 Å². The van der Waals surface area contributed by atoms with Crippen LogP contribution < -0.4 is 10.1 Å². The number of pyridine rings is 1. The number of piperazine rings is 1. The van der Waals surface area contributed by atoms with Crippen molar-refractivity contribution in [3.63, 3.8) is 0 Å². The van der Waals surface area contributed by atoms with Gasteiger partial charge in [0.05, 0.1) is 19.8 Å². The maximum absolute atomic E-state index is 12.5. The van der Waals surface area contributed by atoms with Gasteiger partial charge in [-0.15, -0.1) is 0 Å². The Bertz CT molecular complexity index is 577. The molecule has 25 heavy (non-hydrogen) atoms. The average molecular weight is 349 g/mol. The van der Waals surface area contributed by atoms with Crippen molar-refractivity contribution in [2.75, 3.05) is 71.9 Å². The van der Waals surface area contributed by atoms with Crippen LogP contribution in [0.25, 0.3) is 0 Å². The largest absolute Gasteiger partial charge is 0.481 e. The lowest BCUT2D eigenvalue weighted by Crippen LogP contribution is -2.53. The first-order valence-electron chi connectivity index (χ1n) is 8.73. The third-order valence-corrected chi connectivity index (χ3v) is 4.65. The van der Waals surface area contributed by atoms with E-state index in [1.807, 2.05) is 0 Å².